The number of rotatable bonds is 4. The van der Waals surface area contributed by atoms with E-state index in [-0.39, 0.29) is 17.1 Å². The van der Waals surface area contributed by atoms with Gasteiger partial charge in [0.25, 0.3) is 5.91 Å². The van der Waals surface area contributed by atoms with Crippen LogP contribution in [0, 0.1) is 5.82 Å². The molecular formula is C18H19FN2O3. The molecule has 24 heavy (non-hydrogen) atoms. The summed E-state index contributed by atoms with van der Waals surface area (Å²) in [5, 5.41) is 5.83. The van der Waals surface area contributed by atoms with Gasteiger partial charge in [0, 0.05) is 6.54 Å². The van der Waals surface area contributed by atoms with Gasteiger partial charge in [0.05, 0.1) is 25.5 Å². The molecule has 1 heterocycles. The van der Waals surface area contributed by atoms with E-state index in [2.05, 4.69) is 10.6 Å². The van der Waals surface area contributed by atoms with Crippen molar-refractivity contribution in [3.8, 4) is 11.5 Å². The van der Waals surface area contributed by atoms with Gasteiger partial charge in [0.1, 0.15) is 5.82 Å². The molecule has 0 unspecified atom stereocenters. The van der Waals surface area contributed by atoms with E-state index >= 15 is 0 Å². The lowest BCUT2D eigenvalue weighted by Crippen LogP contribution is -2.25. The number of methoxy groups -OCH3 is 2. The third kappa shape index (κ3) is 2.92. The van der Waals surface area contributed by atoms with Gasteiger partial charge in [-0.3, -0.25) is 4.79 Å². The highest BCUT2D eigenvalue weighted by Gasteiger charge is 2.20. The highest BCUT2D eigenvalue weighted by molar-refractivity contribution is 6.06. The number of carbonyl (C=O) groups excluding carboxylic acids is 1. The average Bonchev–Trinajstić information content (AvgIpc) is 2.63. The zero-order valence-electron chi connectivity index (χ0n) is 13.6. The Labute approximate surface area is 139 Å². The van der Waals surface area contributed by atoms with Gasteiger partial charge in [-0.15, -0.1) is 0 Å². The van der Waals surface area contributed by atoms with E-state index in [1.807, 2.05) is 6.07 Å². The van der Waals surface area contributed by atoms with Crippen molar-refractivity contribution in [1.29, 1.82) is 0 Å². The Morgan fingerprint density at radius 3 is 2.79 bits per heavy atom. The molecule has 2 aromatic carbocycles. The summed E-state index contributed by atoms with van der Waals surface area (Å²) in [6.45, 7) is 1.37. The first-order valence-corrected chi connectivity index (χ1v) is 7.69. The first-order chi connectivity index (χ1) is 11.7. The Balaban J connectivity index is 1.91. The van der Waals surface area contributed by atoms with Gasteiger partial charge in [-0.25, -0.2) is 4.39 Å². The summed E-state index contributed by atoms with van der Waals surface area (Å²) in [6.07, 6.45) is 0.605. The number of benzene rings is 2. The lowest BCUT2D eigenvalue weighted by Gasteiger charge is -2.19. The summed E-state index contributed by atoms with van der Waals surface area (Å²) in [7, 11) is 2.96. The van der Waals surface area contributed by atoms with Crippen molar-refractivity contribution in [3.63, 3.8) is 0 Å². The topological polar surface area (TPSA) is 59.6 Å². The number of anilines is 1. The Bertz CT molecular complexity index is 777. The first kappa shape index (κ1) is 16.3. The summed E-state index contributed by atoms with van der Waals surface area (Å²) in [5.41, 5.74) is 2.04. The van der Waals surface area contributed by atoms with Crippen LogP contribution in [0.4, 0.5) is 10.1 Å². The van der Waals surface area contributed by atoms with Crippen LogP contribution in [0.3, 0.4) is 0 Å². The van der Waals surface area contributed by atoms with Crippen molar-refractivity contribution in [2.75, 3.05) is 26.1 Å². The molecule has 1 aliphatic rings. The Morgan fingerprint density at radius 1 is 1.21 bits per heavy atom. The molecule has 0 aliphatic carbocycles. The van der Waals surface area contributed by atoms with Crippen LogP contribution in [0.15, 0.2) is 30.3 Å². The molecule has 0 saturated heterocycles. The SMILES string of the molecule is COc1cccc(C(=O)Nc2ccc3c(c2F)CCNC3)c1OC. The van der Waals surface area contributed by atoms with Crippen LogP contribution in [-0.4, -0.2) is 26.7 Å². The number of carbonyl (C=O) groups is 1. The zero-order chi connectivity index (χ0) is 17.1. The van der Waals surface area contributed by atoms with Crippen molar-refractivity contribution < 1.29 is 18.7 Å². The van der Waals surface area contributed by atoms with Gasteiger partial charge in [-0.05, 0) is 42.3 Å². The molecule has 0 bridgehead atoms. The zero-order valence-corrected chi connectivity index (χ0v) is 13.6. The summed E-state index contributed by atoms with van der Waals surface area (Å²) >= 11 is 0. The molecule has 1 aliphatic heterocycles. The molecule has 3 rings (SSSR count). The van der Waals surface area contributed by atoms with E-state index < -0.39 is 5.91 Å². The van der Waals surface area contributed by atoms with Crippen LogP contribution in [0.25, 0.3) is 0 Å². The van der Waals surface area contributed by atoms with Crippen LogP contribution in [0.5, 0.6) is 11.5 Å². The Morgan fingerprint density at radius 2 is 2.04 bits per heavy atom. The average molecular weight is 330 g/mol. The fourth-order valence-corrected chi connectivity index (χ4v) is 2.89. The van der Waals surface area contributed by atoms with Gasteiger partial charge < -0.3 is 20.1 Å². The van der Waals surface area contributed by atoms with Gasteiger partial charge in [0.15, 0.2) is 11.5 Å². The molecule has 2 aromatic rings. The minimum atomic E-state index is -0.446. The predicted molar refractivity (Wildman–Crippen MR) is 89.3 cm³/mol. The lowest BCUT2D eigenvalue weighted by molar-refractivity contribution is 0.102. The van der Waals surface area contributed by atoms with E-state index in [4.69, 9.17) is 9.47 Å². The second-order valence-electron chi connectivity index (χ2n) is 5.49. The van der Waals surface area contributed by atoms with Crippen LogP contribution >= 0.6 is 0 Å². The van der Waals surface area contributed by atoms with Crippen molar-refractivity contribution >= 4 is 11.6 Å². The standard InChI is InChI=1S/C18H19FN2O3/c1-23-15-5-3-4-13(17(15)24-2)18(22)21-14-7-6-11-10-20-9-8-12(11)16(14)19/h3-7,20H,8-10H2,1-2H3,(H,21,22). The fourth-order valence-electron chi connectivity index (χ4n) is 2.89. The molecule has 5 nitrogen and oxygen atoms in total. The van der Waals surface area contributed by atoms with Gasteiger partial charge in [0.2, 0.25) is 0 Å². The molecule has 0 radical (unpaired) electrons. The summed E-state index contributed by atoms with van der Waals surface area (Å²) < 4.78 is 25.1. The molecule has 0 atom stereocenters. The molecule has 126 valence electrons. The van der Waals surface area contributed by atoms with E-state index in [1.54, 1.807) is 24.3 Å². The number of halogens is 1. The predicted octanol–water partition coefficient (Wildman–Crippen LogP) is 2.74. The van der Waals surface area contributed by atoms with Crippen molar-refractivity contribution in [2.24, 2.45) is 0 Å². The van der Waals surface area contributed by atoms with Crippen LogP contribution < -0.4 is 20.1 Å². The molecule has 2 N–H and O–H groups in total. The number of ether oxygens (including phenoxy) is 2. The highest BCUT2D eigenvalue weighted by atomic mass is 19.1. The lowest BCUT2D eigenvalue weighted by atomic mass is 9.99. The third-order valence-corrected chi connectivity index (χ3v) is 4.10. The van der Waals surface area contributed by atoms with Crippen molar-refractivity contribution in [1.82, 2.24) is 5.32 Å². The van der Waals surface area contributed by atoms with Crippen LogP contribution in [0.1, 0.15) is 21.5 Å². The number of nitrogens with one attached hydrogen (secondary N) is 2. The maximum Gasteiger partial charge on any atom is 0.259 e. The normalized spacial score (nSPS) is 13.1. The Hall–Kier alpha value is -2.60. The van der Waals surface area contributed by atoms with Crippen LogP contribution in [0.2, 0.25) is 0 Å². The van der Waals surface area contributed by atoms with Crippen molar-refractivity contribution in [3.05, 3.63) is 52.8 Å². The van der Waals surface area contributed by atoms with Crippen LogP contribution in [-0.2, 0) is 13.0 Å². The number of fused-ring (bicyclic) bond motifs is 1. The quantitative estimate of drug-likeness (QED) is 0.905. The number of hydrogen-bond acceptors (Lipinski definition) is 4. The number of para-hydroxylation sites is 1. The second-order valence-corrected chi connectivity index (χ2v) is 5.49. The molecule has 0 spiro atoms. The van der Waals surface area contributed by atoms with Crippen molar-refractivity contribution in [2.45, 2.75) is 13.0 Å². The maximum atomic E-state index is 14.7. The van der Waals surface area contributed by atoms with E-state index in [0.29, 0.717) is 30.0 Å². The number of hydrogen-bond donors (Lipinski definition) is 2. The summed E-state index contributed by atoms with van der Waals surface area (Å²) in [5.74, 6) is -0.0510. The largest absolute Gasteiger partial charge is 0.493 e. The maximum absolute atomic E-state index is 14.7. The minimum absolute atomic E-state index is 0.172. The highest BCUT2D eigenvalue weighted by Crippen LogP contribution is 2.32. The summed E-state index contributed by atoms with van der Waals surface area (Å²) in [6, 6.07) is 8.42. The van der Waals surface area contributed by atoms with E-state index in [1.165, 1.54) is 14.2 Å². The van der Waals surface area contributed by atoms with Gasteiger partial charge >= 0.3 is 0 Å². The first-order valence-electron chi connectivity index (χ1n) is 7.69. The molecule has 0 fully saturated rings. The minimum Gasteiger partial charge on any atom is -0.493 e. The molecule has 0 saturated carbocycles. The Kier molecular flexibility index (Phi) is 4.66. The molecule has 0 aromatic heterocycles. The third-order valence-electron chi connectivity index (χ3n) is 4.10. The molecule has 6 heteroatoms. The smallest absolute Gasteiger partial charge is 0.259 e. The molecular weight excluding hydrogens is 311 g/mol. The summed E-state index contributed by atoms with van der Waals surface area (Å²) in [4.78, 5) is 12.6. The monoisotopic (exact) mass is 330 g/mol. The second kappa shape index (κ2) is 6.88. The molecule has 1 amide bonds. The fraction of sp³-hybridized carbons (Fsp3) is 0.278. The van der Waals surface area contributed by atoms with Gasteiger partial charge in [-0.1, -0.05) is 12.1 Å². The van der Waals surface area contributed by atoms with E-state index in [0.717, 1.165) is 12.1 Å². The van der Waals surface area contributed by atoms with Gasteiger partial charge in [-0.2, -0.15) is 0 Å². The van der Waals surface area contributed by atoms with E-state index in [9.17, 15) is 9.18 Å². The number of amides is 1.